The summed E-state index contributed by atoms with van der Waals surface area (Å²) in [5, 5.41) is 12.2. The Labute approximate surface area is 217 Å². The standard InChI is InChI=1S/C29H24FN7O/c1-16(2)9-26(38)34-21-10-18(13-31-15-21)19-11-23-28(36-37-29(23)33-14-19)25-12-22-24(35-25)7-8-32-27(22)17-3-5-20(30)6-4-17/h3-8,10-16,35H,9H2,1-2H3,(H,34,38)(H,33,36,37). The van der Waals surface area contributed by atoms with Crippen molar-refractivity contribution in [2.75, 3.05) is 5.32 Å². The molecule has 0 spiro atoms. The van der Waals surface area contributed by atoms with Crippen LogP contribution in [0.4, 0.5) is 10.1 Å². The van der Waals surface area contributed by atoms with Crippen LogP contribution in [-0.4, -0.2) is 36.0 Å². The lowest BCUT2D eigenvalue weighted by Crippen LogP contribution is -2.13. The van der Waals surface area contributed by atoms with Crippen molar-refractivity contribution < 1.29 is 9.18 Å². The number of amides is 1. The Balaban J connectivity index is 1.38. The molecule has 0 aliphatic rings. The van der Waals surface area contributed by atoms with Crippen LogP contribution in [-0.2, 0) is 4.79 Å². The zero-order chi connectivity index (χ0) is 26.2. The number of H-pyrrole nitrogens is 2. The van der Waals surface area contributed by atoms with Gasteiger partial charge in [0.25, 0.3) is 0 Å². The Bertz CT molecular complexity index is 1790. The molecule has 38 heavy (non-hydrogen) atoms. The number of nitrogens with zero attached hydrogens (tertiary/aromatic N) is 4. The van der Waals surface area contributed by atoms with Crippen LogP contribution in [0, 0.1) is 11.7 Å². The van der Waals surface area contributed by atoms with Gasteiger partial charge in [-0.25, -0.2) is 9.37 Å². The van der Waals surface area contributed by atoms with Gasteiger partial charge in [0, 0.05) is 58.0 Å². The molecule has 3 N–H and O–H groups in total. The molecule has 5 heterocycles. The molecule has 0 aliphatic carbocycles. The van der Waals surface area contributed by atoms with Gasteiger partial charge in [-0.2, -0.15) is 5.10 Å². The Hall–Kier alpha value is -4.92. The number of benzene rings is 1. The molecule has 0 aliphatic heterocycles. The first-order valence-electron chi connectivity index (χ1n) is 12.3. The molecule has 6 aromatic rings. The summed E-state index contributed by atoms with van der Waals surface area (Å²) in [7, 11) is 0. The smallest absolute Gasteiger partial charge is 0.224 e. The van der Waals surface area contributed by atoms with Gasteiger partial charge in [0.2, 0.25) is 5.91 Å². The van der Waals surface area contributed by atoms with Crippen LogP contribution in [0.25, 0.3) is 55.7 Å². The van der Waals surface area contributed by atoms with E-state index in [1.165, 1.54) is 12.1 Å². The predicted molar refractivity (Wildman–Crippen MR) is 146 cm³/mol. The van der Waals surface area contributed by atoms with Crippen LogP contribution >= 0.6 is 0 Å². The maximum Gasteiger partial charge on any atom is 0.224 e. The molecule has 0 saturated carbocycles. The van der Waals surface area contributed by atoms with E-state index in [2.05, 4.69) is 35.5 Å². The molecule has 8 nitrogen and oxygen atoms in total. The van der Waals surface area contributed by atoms with Gasteiger partial charge in [0.05, 0.1) is 23.3 Å². The molecule has 5 aromatic heterocycles. The van der Waals surface area contributed by atoms with E-state index in [-0.39, 0.29) is 17.6 Å². The first-order valence-corrected chi connectivity index (χ1v) is 12.3. The summed E-state index contributed by atoms with van der Waals surface area (Å²) in [6.45, 7) is 4.01. The van der Waals surface area contributed by atoms with Gasteiger partial charge < -0.3 is 10.3 Å². The van der Waals surface area contributed by atoms with Crippen LogP contribution in [0.2, 0.25) is 0 Å². The normalized spacial score (nSPS) is 11.5. The molecule has 1 amide bonds. The number of pyridine rings is 3. The largest absolute Gasteiger partial charge is 0.353 e. The summed E-state index contributed by atoms with van der Waals surface area (Å²) in [6, 6.07) is 14.1. The average molecular weight is 506 g/mol. The summed E-state index contributed by atoms with van der Waals surface area (Å²) in [5.41, 5.74) is 6.94. The van der Waals surface area contributed by atoms with E-state index in [4.69, 9.17) is 0 Å². The van der Waals surface area contributed by atoms with Gasteiger partial charge in [-0.3, -0.25) is 19.9 Å². The number of aromatic amines is 2. The molecule has 188 valence electrons. The number of aromatic nitrogens is 6. The summed E-state index contributed by atoms with van der Waals surface area (Å²) >= 11 is 0. The molecule has 1 aromatic carbocycles. The maximum atomic E-state index is 13.5. The van der Waals surface area contributed by atoms with Crippen molar-refractivity contribution in [1.29, 1.82) is 0 Å². The first kappa shape index (κ1) is 23.5. The highest BCUT2D eigenvalue weighted by Crippen LogP contribution is 2.34. The fraction of sp³-hybridized carbons (Fsp3) is 0.138. The number of nitrogens with one attached hydrogen (secondary N) is 3. The highest BCUT2D eigenvalue weighted by atomic mass is 19.1. The number of carbonyl (C=O) groups is 1. The zero-order valence-corrected chi connectivity index (χ0v) is 20.8. The van der Waals surface area contributed by atoms with Gasteiger partial charge in [-0.1, -0.05) is 13.8 Å². The molecule has 0 atom stereocenters. The lowest BCUT2D eigenvalue weighted by atomic mass is 10.1. The third-order valence-corrected chi connectivity index (χ3v) is 6.29. The van der Waals surface area contributed by atoms with E-state index >= 15 is 0 Å². The van der Waals surface area contributed by atoms with Crippen molar-refractivity contribution >= 4 is 33.5 Å². The SMILES string of the molecule is CC(C)CC(=O)Nc1cncc(-c2cnc3[nH]nc(-c4cc5c(-c6ccc(F)cc6)nccc5[nH]4)c3c2)c1. The summed E-state index contributed by atoms with van der Waals surface area (Å²) in [6.07, 6.45) is 7.30. The van der Waals surface area contributed by atoms with Crippen molar-refractivity contribution in [1.82, 2.24) is 30.1 Å². The molecule has 0 saturated heterocycles. The van der Waals surface area contributed by atoms with E-state index in [9.17, 15) is 9.18 Å². The van der Waals surface area contributed by atoms with Crippen LogP contribution in [0.1, 0.15) is 20.3 Å². The van der Waals surface area contributed by atoms with E-state index in [0.717, 1.165) is 44.4 Å². The highest BCUT2D eigenvalue weighted by Gasteiger charge is 2.16. The minimum Gasteiger partial charge on any atom is -0.353 e. The van der Waals surface area contributed by atoms with Gasteiger partial charge in [-0.05, 0) is 54.4 Å². The number of hydrogen-bond acceptors (Lipinski definition) is 5. The van der Waals surface area contributed by atoms with Gasteiger partial charge >= 0.3 is 0 Å². The molecular formula is C29H24FN7O. The third kappa shape index (κ3) is 4.50. The lowest BCUT2D eigenvalue weighted by Gasteiger charge is -2.08. The highest BCUT2D eigenvalue weighted by molar-refractivity contribution is 6.00. The lowest BCUT2D eigenvalue weighted by molar-refractivity contribution is -0.116. The topological polar surface area (TPSA) is 112 Å². The Kier molecular flexibility index (Phi) is 5.88. The Morgan fingerprint density at radius 1 is 0.921 bits per heavy atom. The summed E-state index contributed by atoms with van der Waals surface area (Å²) < 4.78 is 13.5. The second kappa shape index (κ2) is 9.51. The number of fused-ring (bicyclic) bond motifs is 2. The third-order valence-electron chi connectivity index (χ3n) is 6.29. The first-order chi connectivity index (χ1) is 18.4. The van der Waals surface area contributed by atoms with Crippen molar-refractivity contribution in [3.63, 3.8) is 0 Å². The van der Waals surface area contributed by atoms with Crippen molar-refractivity contribution in [3.05, 3.63) is 79.1 Å². The van der Waals surface area contributed by atoms with Crippen molar-refractivity contribution in [3.8, 4) is 33.8 Å². The van der Waals surface area contributed by atoms with Gasteiger partial charge in [0.15, 0.2) is 5.65 Å². The summed E-state index contributed by atoms with van der Waals surface area (Å²) in [4.78, 5) is 29.1. The maximum absolute atomic E-state index is 13.5. The molecule has 9 heteroatoms. The van der Waals surface area contributed by atoms with Gasteiger partial charge in [-0.15, -0.1) is 0 Å². The summed E-state index contributed by atoms with van der Waals surface area (Å²) in [5.74, 6) is -0.0666. The van der Waals surface area contributed by atoms with E-state index in [0.29, 0.717) is 23.4 Å². The Morgan fingerprint density at radius 3 is 2.55 bits per heavy atom. The van der Waals surface area contributed by atoms with Crippen LogP contribution in [0.5, 0.6) is 0 Å². The van der Waals surface area contributed by atoms with E-state index in [1.54, 1.807) is 36.9 Å². The average Bonchev–Trinajstić information content (AvgIpc) is 3.52. The number of rotatable bonds is 6. The molecule has 0 radical (unpaired) electrons. The number of hydrogen-bond donors (Lipinski definition) is 3. The zero-order valence-electron chi connectivity index (χ0n) is 20.8. The fourth-order valence-corrected chi connectivity index (χ4v) is 4.53. The quantitative estimate of drug-likeness (QED) is 0.244. The van der Waals surface area contributed by atoms with Gasteiger partial charge in [0.1, 0.15) is 11.5 Å². The fourth-order valence-electron chi connectivity index (χ4n) is 4.53. The number of halogens is 1. The van der Waals surface area contributed by atoms with Crippen molar-refractivity contribution in [2.45, 2.75) is 20.3 Å². The molecule has 0 unspecified atom stereocenters. The second-order valence-corrected chi connectivity index (χ2v) is 9.61. The van der Waals surface area contributed by atoms with Crippen LogP contribution < -0.4 is 5.32 Å². The molecule has 0 fully saturated rings. The van der Waals surface area contributed by atoms with Crippen LogP contribution in [0.3, 0.4) is 0 Å². The van der Waals surface area contributed by atoms with E-state index < -0.39 is 0 Å². The van der Waals surface area contributed by atoms with Crippen LogP contribution in [0.15, 0.2) is 73.3 Å². The predicted octanol–water partition coefficient (Wildman–Crippen LogP) is 6.35. The van der Waals surface area contributed by atoms with Crippen molar-refractivity contribution in [2.24, 2.45) is 5.92 Å². The Morgan fingerprint density at radius 2 is 1.74 bits per heavy atom. The minimum absolute atomic E-state index is 0.0436. The van der Waals surface area contributed by atoms with E-state index in [1.807, 2.05) is 38.1 Å². The monoisotopic (exact) mass is 505 g/mol. The second-order valence-electron chi connectivity index (χ2n) is 9.61. The number of anilines is 1. The molecule has 6 rings (SSSR count). The molecular weight excluding hydrogens is 481 g/mol. The number of carbonyl (C=O) groups excluding carboxylic acids is 1. The minimum atomic E-state index is -0.291. The molecule has 0 bridgehead atoms.